The van der Waals surface area contributed by atoms with E-state index in [0.29, 0.717) is 43.6 Å². The average Bonchev–Trinajstić information content (AvgIpc) is 2.92. The highest BCUT2D eigenvalue weighted by Gasteiger charge is 2.12. The standard InChI is InChI=1S/C20H25N3O4/c1-3-21-20(22-13-14-6-4-7-17(25-2)19(14)24)23-15-8-9-16-18(12-15)27-11-5-10-26-16/h4,6-9,12,24H,3,5,10-11,13H2,1-2H3,(H2,21,22,23). The van der Waals surface area contributed by atoms with E-state index in [1.54, 1.807) is 6.07 Å². The fourth-order valence-corrected chi connectivity index (χ4v) is 2.71. The first kappa shape index (κ1) is 18.7. The Bertz CT molecular complexity index is 808. The third kappa shape index (κ3) is 4.75. The fraction of sp³-hybridized carbons (Fsp3) is 0.350. The molecule has 1 aliphatic rings. The number of anilines is 1. The molecule has 7 nitrogen and oxygen atoms in total. The number of phenolic OH excluding ortho intramolecular Hbond substituents is 1. The van der Waals surface area contributed by atoms with Crippen molar-refractivity contribution in [3.8, 4) is 23.0 Å². The molecular formula is C20H25N3O4. The zero-order valence-electron chi connectivity index (χ0n) is 15.6. The van der Waals surface area contributed by atoms with Gasteiger partial charge in [-0.3, -0.25) is 0 Å². The maximum Gasteiger partial charge on any atom is 0.196 e. The number of aliphatic imine (C=N–C) groups is 1. The van der Waals surface area contributed by atoms with Gasteiger partial charge < -0.3 is 30.0 Å². The van der Waals surface area contributed by atoms with Crippen molar-refractivity contribution in [2.75, 3.05) is 32.2 Å². The number of hydrogen-bond acceptors (Lipinski definition) is 5. The number of para-hydroxylation sites is 1. The van der Waals surface area contributed by atoms with Gasteiger partial charge in [-0.2, -0.15) is 0 Å². The number of rotatable bonds is 5. The Morgan fingerprint density at radius 3 is 2.78 bits per heavy atom. The first-order valence-electron chi connectivity index (χ1n) is 9.01. The number of methoxy groups -OCH3 is 1. The lowest BCUT2D eigenvalue weighted by atomic mass is 10.2. The van der Waals surface area contributed by atoms with Gasteiger partial charge in [0.15, 0.2) is 29.0 Å². The highest BCUT2D eigenvalue weighted by Crippen LogP contribution is 2.32. The number of hydrogen-bond donors (Lipinski definition) is 3. The van der Waals surface area contributed by atoms with Gasteiger partial charge in [-0.05, 0) is 25.1 Å². The van der Waals surface area contributed by atoms with E-state index in [-0.39, 0.29) is 5.75 Å². The van der Waals surface area contributed by atoms with E-state index in [4.69, 9.17) is 14.2 Å². The molecule has 7 heteroatoms. The second-order valence-electron chi connectivity index (χ2n) is 6.00. The van der Waals surface area contributed by atoms with Gasteiger partial charge in [-0.25, -0.2) is 4.99 Å². The summed E-state index contributed by atoms with van der Waals surface area (Å²) >= 11 is 0. The summed E-state index contributed by atoms with van der Waals surface area (Å²) < 4.78 is 16.5. The number of fused-ring (bicyclic) bond motifs is 1. The molecule has 3 rings (SSSR count). The zero-order valence-corrected chi connectivity index (χ0v) is 15.6. The quantitative estimate of drug-likeness (QED) is 0.553. The minimum absolute atomic E-state index is 0.107. The normalized spacial score (nSPS) is 13.6. The molecule has 0 bridgehead atoms. The molecular weight excluding hydrogens is 346 g/mol. The molecule has 0 atom stereocenters. The molecule has 0 spiro atoms. The summed E-state index contributed by atoms with van der Waals surface area (Å²) in [6.07, 6.45) is 0.867. The van der Waals surface area contributed by atoms with E-state index >= 15 is 0 Å². The topological polar surface area (TPSA) is 84.3 Å². The molecule has 0 saturated carbocycles. The summed E-state index contributed by atoms with van der Waals surface area (Å²) in [7, 11) is 1.53. The van der Waals surface area contributed by atoms with Crippen molar-refractivity contribution in [1.82, 2.24) is 5.32 Å². The van der Waals surface area contributed by atoms with Crippen LogP contribution in [-0.2, 0) is 6.54 Å². The Kier molecular flexibility index (Phi) is 6.25. The molecule has 2 aromatic rings. The Balaban J connectivity index is 1.76. The van der Waals surface area contributed by atoms with Crippen molar-refractivity contribution < 1.29 is 19.3 Å². The molecule has 1 heterocycles. The predicted molar refractivity (Wildman–Crippen MR) is 105 cm³/mol. The summed E-state index contributed by atoms with van der Waals surface area (Å²) in [6.45, 7) is 4.31. The monoisotopic (exact) mass is 371 g/mol. The van der Waals surface area contributed by atoms with Crippen LogP contribution in [0.4, 0.5) is 5.69 Å². The number of guanidine groups is 1. The van der Waals surface area contributed by atoms with Crippen molar-refractivity contribution in [2.45, 2.75) is 19.9 Å². The van der Waals surface area contributed by atoms with Crippen LogP contribution in [0.1, 0.15) is 18.9 Å². The maximum absolute atomic E-state index is 10.2. The summed E-state index contributed by atoms with van der Waals surface area (Å²) in [5.74, 6) is 2.62. The van der Waals surface area contributed by atoms with Gasteiger partial charge in [-0.15, -0.1) is 0 Å². The molecule has 0 radical (unpaired) electrons. The molecule has 0 unspecified atom stereocenters. The van der Waals surface area contributed by atoms with Crippen LogP contribution in [0, 0.1) is 0 Å². The van der Waals surface area contributed by atoms with Gasteiger partial charge >= 0.3 is 0 Å². The van der Waals surface area contributed by atoms with Crippen molar-refractivity contribution in [3.05, 3.63) is 42.0 Å². The highest BCUT2D eigenvalue weighted by molar-refractivity contribution is 5.94. The smallest absolute Gasteiger partial charge is 0.196 e. The summed E-state index contributed by atoms with van der Waals surface area (Å²) in [5, 5.41) is 16.7. The highest BCUT2D eigenvalue weighted by atomic mass is 16.5. The van der Waals surface area contributed by atoms with Crippen LogP contribution < -0.4 is 24.8 Å². The second-order valence-corrected chi connectivity index (χ2v) is 6.00. The van der Waals surface area contributed by atoms with E-state index in [1.165, 1.54) is 7.11 Å². The number of nitrogens with zero attached hydrogens (tertiary/aromatic N) is 1. The van der Waals surface area contributed by atoms with Crippen molar-refractivity contribution in [1.29, 1.82) is 0 Å². The van der Waals surface area contributed by atoms with Gasteiger partial charge in [0.05, 0.1) is 26.9 Å². The van der Waals surface area contributed by atoms with Crippen LogP contribution in [0.25, 0.3) is 0 Å². The summed E-state index contributed by atoms with van der Waals surface area (Å²) in [6, 6.07) is 11.1. The van der Waals surface area contributed by atoms with Crippen LogP contribution in [0.5, 0.6) is 23.0 Å². The van der Waals surface area contributed by atoms with Crippen LogP contribution in [0.3, 0.4) is 0 Å². The van der Waals surface area contributed by atoms with E-state index < -0.39 is 0 Å². The first-order chi connectivity index (χ1) is 13.2. The van der Waals surface area contributed by atoms with E-state index in [0.717, 1.165) is 23.6 Å². The van der Waals surface area contributed by atoms with E-state index in [9.17, 15) is 5.11 Å². The third-order valence-corrected chi connectivity index (χ3v) is 4.06. The molecule has 3 N–H and O–H groups in total. The second kappa shape index (κ2) is 9.02. The Hall–Kier alpha value is -3.09. The van der Waals surface area contributed by atoms with Gasteiger partial charge in [-0.1, -0.05) is 12.1 Å². The molecule has 0 saturated heterocycles. The Labute approximate surface area is 159 Å². The minimum Gasteiger partial charge on any atom is -0.504 e. The molecule has 0 amide bonds. The summed E-state index contributed by atoms with van der Waals surface area (Å²) in [5.41, 5.74) is 1.53. The maximum atomic E-state index is 10.2. The van der Waals surface area contributed by atoms with E-state index in [1.807, 2.05) is 37.3 Å². The van der Waals surface area contributed by atoms with Gasteiger partial charge in [0.1, 0.15) is 0 Å². The zero-order chi connectivity index (χ0) is 19.1. The van der Waals surface area contributed by atoms with Gasteiger partial charge in [0.2, 0.25) is 0 Å². The lowest BCUT2D eigenvalue weighted by Crippen LogP contribution is -2.30. The molecule has 1 aliphatic heterocycles. The van der Waals surface area contributed by atoms with Crippen molar-refractivity contribution >= 4 is 11.6 Å². The van der Waals surface area contributed by atoms with Gasteiger partial charge in [0.25, 0.3) is 0 Å². The molecule has 0 fully saturated rings. The molecule has 27 heavy (non-hydrogen) atoms. The molecule has 2 aromatic carbocycles. The van der Waals surface area contributed by atoms with Crippen molar-refractivity contribution in [3.63, 3.8) is 0 Å². The summed E-state index contributed by atoms with van der Waals surface area (Å²) in [4.78, 5) is 4.55. The predicted octanol–water partition coefficient (Wildman–Crippen LogP) is 3.14. The number of phenols is 1. The fourth-order valence-electron chi connectivity index (χ4n) is 2.71. The first-order valence-corrected chi connectivity index (χ1v) is 9.01. The van der Waals surface area contributed by atoms with Crippen LogP contribution in [0.15, 0.2) is 41.4 Å². The molecule has 0 aromatic heterocycles. The number of benzene rings is 2. The Morgan fingerprint density at radius 2 is 2.00 bits per heavy atom. The Morgan fingerprint density at radius 1 is 1.19 bits per heavy atom. The van der Waals surface area contributed by atoms with Crippen molar-refractivity contribution in [2.24, 2.45) is 4.99 Å². The van der Waals surface area contributed by atoms with Crippen LogP contribution in [-0.4, -0.2) is 37.9 Å². The average molecular weight is 371 g/mol. The van der Waals surface area contributed by atoms with Gasteiger partial charge in [0, 0.05) is 30.3 Å². The van der Waals surface area contributed by atoms with E-state index in [2.05, 4.69) is 15.6 Å². The van der Waals surface area contributed by atoms with Crippen LogP contribution in [0.2, 0.25) is 0 Å². The lowest BCUT2D eigenvalue weighted by Gasteiger charge is -2.14. The third-order valence-electron chi connectivity index (χ3n) is 4.06. The molecule has 0 aliphatic carbocycles. The number of ether oxygens (including phenoxy) is 3. The van der Waals surface area contributed by atoms with Crippen LogP contribution >= 0.6 is 0 Å². The SMILES string of the molecule is CCNC(=NCc1cccc(OC)c1O)Nc1ccc2c(c1)OCCCO2. The largest absolute Gasteiger partial charge is 0.504 e. The minimum atomic E-state index is 0.107. The lowest BCUT2D eigenvalue weighted by molar-refractivity contribution is 0.297. The molecule has 144 valence electrons. The number of aromatic hydroxyl groups is 1. The number of nitrogens with one attached hydrogen (secondary N) is 2.